The standard InChI is InChI=1S/C16H18N2O.C12H25N2O2P.C2H5NO/c1-2-12-4-3-5-14(10-12)15-8-6-13(11-18-15)7-9-16(17)19;1-8(2)7-9(3)12(16)14-6-4-5-10(17)11(13)15;1-2(3)4/h3-6,8,10-11H,2,7,9H2,1H3,(H2,17,19);8-10H,4-7,17H2,1-3H3,(H2,13,15)(H,14,16);1H3,(H2,3,4). The minimum atomic E-state index is -0.333. The summed E-state index contributed by atoms with van der Waals surface area (Å²) in [4.78, 5) is 46.8. The maximum absolute atomic E-state index is 11.6. The van der Waals surface area contributed by atoms with Crippen molar-refractivity contribution >= 4 is 32.9 Å². The molecule has 0 saturated carbocycles. The van der Waals surface area contributed by atoms with E-state index in [1.807, 2.05) is 25.3 Å². The molecule has 0 aliphatic rings. The summed E-state index contributed by atoms with van der Waals surface area (Å²) < 4.78 is 0. The maximum atomic E-state index is 11.6. The van der Waals surface area contributed by atoms with Crippen LogP contribution in [-0.4, -0.2) is 40.8 Å². The fourth-order valence-electron chi connectivity index (χ4n) is 3.63. The average molecular weight is 574 g/mol. The molecule has 0 bridgehead atoms. The molecule has 40 heavy (non-hydrogen) atoms. The Balaban J connectivity index is 0.000000675. The highest BCUT2D eigenvalue weighted by Gasteiger charge is 2.14. The molecular weight excluding hydrogens is 525 g/mol. The Bertz CT molecular complexity index is 1060. The van der Waals surface area contributed by atoms with Crippen molar-refractivity contribution in [2.75, 3.05) is 6.54 Å². The van der Waals surface area contributed by atoms with Gasteiger partial charge in [0.15, 0.2) is 0 Å². The number of aromatic nitrogens is 1. The van der Waals surface area contributed by atoms with Gasteiger partial charge in [0, 0.05) is 37.6 Å². The summed E-state index contributed by atoms with van der Waals surface area (Å²) in [6, 6.07) is 12.4. The van der Waals surface area contributed by atoms with Gasteiger partial charge in [0.25, 0.3) is 0 Å². The summed E-state index contributed by atoms with van der Waals surface area (Å²) in [7, 11) is 2.42. The number of rotatable bonds is 13. The van der Waals surface area contributed by atoms with Crippen molar-refractivity contribution in [3.05, 3.63) is 53.7 Å². The highest BCUT2D eigenvalue weighted by atomic mass is 31.0. The molecule has 2 rings (SSSR count). The van der Waals surface area contributed by atoms with E-state index in [1.54, 1.807) is 0 Å². The smallest absolute Gasteiger partial charge is 0.224 e. The van der Waals surface area contributed by atoms with Gasteiger partial charge in [-0.05, 0) is 61.3 Å². The topological polar surface area (TPSA) is 171 Å². The third-order valence-electron chi connectivity index (χ3n) is 5.74. The van der Waals surface area contributed by atoms with E-state index < -0.39 is 0 Å². The van der Waals surface area contributed by atoms with Crippen molar-refractivity contribution in [3.63, 3.8) is 0 Å². The molecular formula is C30H48N5O4P. The molecule has 0 radical (unpaired) electrons. The van der Waals surface area contributed by atoms with Crippen LogP contribution in [0.3, 0.4) is 0 Å². The van der Waals surface area contributed by atoms with Crippen LogP contribution >= 0.6 is 9.24 Å². The number of nitrogens with zero attached hydrogens (tertiary/aromatic N) is 1. The summed E-state index contributed by atoms with van der Waals surface area (Å²) in [5.41, 5.74) is 19.0. The predicted octanol–water partition coefficient (Wildman–Crippen LogP) is 3.51. The molecule has 0 aliphatic carbocycles. The van der Waals surface area contributed by atoms with E-state index in [0.717, 1.165) is 36.1 Å². The number of hydrogen-bond donors (Lipinski definition) is 4. The first-order chi connectivity index (χ1) is 18.8. The van der Waals surface area contributed by atoms with Crippen molar-refractivity contribution in [2.45, 2.75) is 78.8 Å². The third kappa shape index (κ3) is 18.1. The molecule has 3 atom stereocenters. The van der Waals surface area contributed by atoms with Crippen LogP contribution in [0.4, 0.5) is 0 Å². The molecule has 10 heteroatoms. The fraction of sp³-hybridized carbons (Fsp3) is 0.500. The highest BCUT2D eigenvalue weighted by Crippen LogP contribution is 2.19. The molecule has 9 nitrogen and oxygen atoms in total. The number of aryl methyl sites for hydroxylation is 2. The van der Waals surface area contributed by atoms with E-state index in [2.05, 4.69) is 70.3 Å². The molecule has 2 aromatic rings. The first-order valence-electron chi connectivity index (χ1n) is 13.7. The second-order valence-electron chi connectivity index (χ2n) is 10.2. The number of amides is 4. The van der Waals surface area contributed by atoms with Crippen molar-refractivity contribution in [3.8, 4) is 11.3 Å². The zero-order valence-corrected chi connectivity index (χ0v) is 25.8. The lowest BCUT2D eigenvalue weighted by Gasteiger charge is -2.14. The number of benzene rings is 1. The molecule has 0 saturated heterocycles. The zero-order valence-electron chi connectivity index (χ0n) is 24.6. The van der Waals surface area contributed by atoms with Crippen LogP contribution in [0.2, 0.25) is 0 Å². The van der Waals surface area contributed by atoms with Gasteiger partial charge in [0.2, 0.25) is 23.6 Å². The van der Waals surface area contributed by atoms with Gasteiger partial charge in [-0.25, -0.2) is 0 Å². The monoisotopic (exact) mass is 573 g/mol. The van der Waals surface area contributed by atoms with E-state index in [-0.39, 0.29) is 35.2 Å². The van der Waals surface area contributed by atoms with Crippen LogP contribution in [0.25, 0.3) is 11.3 Å². The van der Waals surface area contributed by atoms with Crippen LogP contribution in [0.5, 0.6) is 0 Å². The van der Waals surface area contributed by atoms with E-state index in [9.17, 15) is 19.2 Å². The fourth-order valence-corrected chi connectivity index (χ4v) is 3.86. The molecule has 0 aliphatic heterocycles. The molecule has 0 spiro atoms. The van der Waals surface area contributed by atoms with Gasteiger partial charge in [0.05, 0.1) is 11.4 Å². The first kappa shape index (κ1) is 36.7. The Kier molecular flexibility index (Phi) is 18.9. The van der Waals surface area contributed by atoms with Gasteiger partial charge >= 0.3 is 0 Å². The summed E-state index contributed by atoms with van der Waals surface area (Å²) in [6.45, 7) is 10.2. The molecule has 1 heterocycles. The van der Waals surface area contributed by atoms with E-state index in [0.29, 0.717) is 31.7 Å². The second-order valence-corrected chi connectivity index (χ2v) is 11.0. The van der Waals surface area contributed by atoms with Gasteiger partial charge in [-0.2, -0.15) is 0 Å². The number of primary amides is 3. The minimum absolute atomic E-state index is 0.0536. The molecule has 1 aromatic carbocycles. The van der Waals surface area contributed by atoms with Crippen molar-refractivity contribution in [2.24, 2.45) is 29.0 Å². The van der Waals surface area contributed by atoms with Gasteiger partial charge < -0.3 is 22.5 Å². The quantitative estimate of drug-likeness (QED) is 0.212. The number of nitrogens with one attached hydrogen (secondary N) is 1. The number of nitrogens with two attached hydrogens (primary N) is 3. The largest absolute Gasteiger partial charge is 0.370 e. The van der Waals surface area contributed by atoms with E-state index in [4.69, 9.17) is 11.5 Å². The summed E-state index contributed by atoms with van der Waals surface area (Å²) >= 11 is 0. The molecule has 1 aromatic heterocycles. The highest BCUT2D eigenvalue weighted by molar-refractivity contribution is 7.19. The Morgan fingerprint density at radius 2 is 1.65 bits per heavy atom. The lowest BCUT2D eigenvalue weighted by atomic mass is 9.98. The summed E-state index contributed by atoms with van der Waals surface area (Å²) in [5, 5.41) is 2.88. The normalized spacial score (nSPS) is 11.7. The van der Waals surface area contributed by atoms with Crippen LogP contribution in [0.15, 0.2) is 42.6 Å². The average Bonchev–Trinajstić information content (AvgIpc) is 2.89. The molecule has 0 fully saturated rings. The van der Waals surface area contributed by atoms with Crippen LogP contribution in [0, 0.1) is 11.8 Å². The van der Waals surface area contributed by atoms with Crippen LogP contribution in [0.1, 0.15) is 71.4 Å². The van der Waals surface area contributed by atoms with Crippen LogP contribution in [-0.2, 0) is 32.0 Å². The van der Waals surface area contributed by atoms with Crippen molar-refractivity contribution in [1.29, 1.82) is 0 Å². The Morgan fingerprint density at radius 3 is 2.15 bits per heavy atom. The Hall–Kier alpha value is -3.32. The molecule has 222 valence electrons. The summed E-state index contributed by atoms with van der Waals surface area (Å²) in [5.74, 6) is -0.243. The van der Waals surface area contributed by atoms with E-state index >= 15 is 0 Å². The predicted molar refractivity (Wildman–Crippen MR) is 165 cm³/mol. The maximum Gasteiger partial charge on any atom is 0.224 e. The lowest BCUT2D eigenvalue weighted by Crippen LogP contribution is -2.31. The van der Waals surface area contributed by atoms with Gasteiger partial charge in [-0.1, -0.05) is 52.0 Å². The van der Waals surface area contributed by atoms with E-state index in [1.165, 1.54) is 12.5 Å². The number of hydrogen-bond acceptors (Lipinski definition) is 5. The number of carbonyl (C=O) groups excluding carboxylic acids is 4. The van der Waals surface area contributed by atoms with Gasteiger partial charge in [0.1, 0.15) is 0 Å². The minimum Gasteiger partial charge on any atom is -0.370 e. The van der Waals surface area contributed by atoms with Gasteiger partial charge in [-0.3, -0.25) is 24.2 Å². The number of carbonyl (C=O) groups is 4. The van der Waals surface area contributed by atoms with Crippen molar-refractivity contribution in [1.82, 2.24) is 10.3 Å². The number of pyridine rings is 1. The lowest BCUT2D eigenvalue weighted by molar-refractivity contribution is -0.125. The molecule has 4 amide bonds. The zero-order chi connectivity index (χ0) is 30.7. The third-order valence-corrected chi connectivity index (χ3v) is 6.41. The van der Waals surface area contributed by atoms with Crippen LogP contribution < -0.4 is 22.5 Å². The summed E-state index contributed by atoms with van der Waals surface area (Å²) in [6.07, 6.45) is 6.22. The van der Waals surface area contributed by atoms with Crippen molar-refractivity contribution < 1.29 is 19.2 Å². The second kappa shape index (κ2) is 20.6. The van der Waals surface area contributed by atoms with Gasteiger partial charge in [-0.15, -0.1) is 9.24 Å². The SMILES string of the molecule is CC(C)CC(C)C(=O)NCCCC(P)C(N)=O.CC(N)=O.CCc1cccc(-c2ccc(CCC(N)=O)cn2)c1. The molecule has 3 unspecified atom stereocenters. The molecule has 7 N–H and O–H groups in total. The Labute approximate surface area is 241 Å². The first-order valence-corrected chi connectivity index (χ1v) is 14.3. The Morgan fingerprint density at radius 1 is 1.00 bits per heavy atom.